The smallest absolute Gasteiger partial charge is 0.331 e. The van der Waals surface area contributed by atoms with Gasteiger partial charge in [0.25, 0.3) is 0 Å². The summed E-state index contributed by atoms with van der Waals surface area (Å²) in [5, 5.41) is 11.6. The minimum absolute atomic E-state index is 0.0308. The average molecular weight is 214 g/mol. The van der Waals surface area contributed by atoms with E-state index >= 15 is 0 Å². The first-order valence-corrected chi connectivity index (χ1v) is 4.82. The van der Waals surface area contributed by atoms with Crippen LogP contribution in [0.4, 0.5) is 0 Å². The van der Waals surface area contributed by atoms with Gasteiger partial charge in [-0.3, -0.25) is 4.79 Å². The van der Waals surface area contributed by atoms with E-state index in [1.807, 2.05) is 0 Å². The van der Waals surface area contributed by atoms with E-state index in [2.05, 4.69) is 5.32 Å². The predicted molar refractivity (Wildman–Crippen MR) is 57.6 cm³/mol. The van der Waals surface area contributed by atoms with E-state index in [4.69, 9.17) is 5.11 Å². The molecule has 0 saturated heterocycles. The molecule has 0 aromatic carbocycles. The highest BCUT2D eigenvalue weighted by atomic mass is 16.4. The lowest BCUT2D eigenvalue weighted by Gasteiger charge is -2.09. The van der Waals surface area contributed by atoms with Gasteiger partial charge in [-0.05, 0) is 6.42 Å². The second-order valence-corrected chi connectivity index (χ2v) is 3.31. The number of amides is 1. The van der Waals surface area contributed by atoms with E-state index in [0.717, 1.165) is 0 Å². The van der Waals surface area contributed by atoms with Crippen LogP contribution < -0.4 is 5.32 Å². The summed E-state index contributed by atoms with van der Waals surface area (Å²) in [6.07, 6.45) is 2.07. The minimum Gasteiger partial charge on any atom is -0.478 e. The first kappa shape index (κ1) is 13.6. The molecule has 0 aliphatic heterocycles. The number of rotatable bonds is 6. The molecule has 0 rings (SSSR count). The van der Waals surface area contributed by atoms with Crippen molar-refractivity contribution >= 4 is 11.9 Å². The van der Waals surface area contributed by atoms with E-state index in [1.165, 1.54) is 4.90 Å². The largest absolute Gasteiger partial charge is 0.478 e. The van der Waals surface area contributed by atoms with Crippen LogP contribution >= 0.6 is 0 Å². The molecule has 0 spiro atoms. The maximum atomic E-state index is 11.1. The molecule has 86 valence electrons. The molecule has 0 heterocycles. The summed E-state index contributed by atoms with van der Waals surface area (Å²) < 4.78 is 0. The summed E-state index contributed by atoms with van der Waals surface area (Å²) in [4.78, 5) is 23.2. The van der Waals surface area contributed by atoms with Gasteiger partial charge in [0.05, 0.1) is 6.54 Å². The van der Waals surface area contributed by atoms with Crippen LogP contribution in [0.2, 0.25) is 0 Å². The van der Waals surface area contributed by atoms with E-state index in [9.17, 15) is 9.59 Å². The number of carboxylic acids is 1. The molecule has 0 atom stereocenters. The molecular weight excluding hydrogens is 196 g/mol. The van der Waals surface area contributed by atoms with E-state index < -0.39 is 5.97 Å². The van der Waals surface area contributed by atoms with Crippen molar-refractivity contribution in [2.75, 3.05) is 27.2 Å². The molecule has 0 aliphatic carbocycles. The van der Waals surface area contributed by atoms with Crippen LogP contribution in [0.15, 0.2) is 11.6 Å². The summed E-state index contributed by atoms with van der Waals surface area (Å²) in [6, 6.07) is 0. The molecule has 5 heteroatoms. The SMILES string of the molecule is CCC(=CCNCC(=O)N(C)C)C(=O)O. The zero-order chi connectivity index (χ0) is 11.8. The van der Waals surface area contributed by atoms with Crippen molar-refractivity contribution in [2.24, 2.45) is 0 Å². The van der Waals surface area contributed by atoms with Gasteiger partial charge in [-0.1, -0.05) is 13.0 Å². The molecule has 2 N–H and O–H groups in total. The van der Waals surface area contributed by atoms with Crippen LogP contribution in [0.1, 0.15) is 13.3 Å². The summed E-state index contributed by atoms with van der Waals surface area (Å²) >= 11 is 0. The van der Waals surface area contributed by atoms with E-state index in [1.54, 1.807) is 27.1 Å². The maximum absolute atomic E-state index is 11.1. The van der Waals surface area contributed by atoms with Gasteiger partial charge in [0.15, 0.2) is 0 Å². The van der Waals surface area contributed by atoms with Crippen molar-refractivity contribution in [3.8, 4) is 0 Å². The molecule has 0 fully saturated rings. The summed E-state index contributed by atoms with van der Waals surface area (Å²) in [5.74, 6) is -0.935. The molecule has 5 nitrogen and oxygen atoms in total. The Morgan fingerprint density at radius 3 is 2.40 bits per heavy atom. The number of hydrogen-bond acceptors (Lipinski definition) is 3. The fourth-order valence-corrected chi connectivity index (χ4v) is 0.915. The highest BCUT2D eigenvalue weighted by Gasteiger charge is 2.04. The molecule has 0 saturated carbocycles. The highest BCUT2D eigenvalue weighted by molar-refractivity contribution is 5.86. The Kier molecular flexibility index (Phi) is 6.37. The molecular formula is C10H18N2O3. The molecule has 0 aromatic heterocycles. The fourth-order valence-electron chi connectivity index (χ4n) is 0.915. The summed E-state index contributed by atoms with van der Waals surface area (Å²) in [7, 11) is 3.35. The Balaban J connectivity index is 3.87. The number of carbonyl (C=O) groups excluding carboxylic acids is 1. The molecule has 0 aliphatic rings. The highest BCUT2D eigenvalue weighted by Crippen LogP contribution is 1.98. The van der Waals surface area contributed by atoms with Gasteiger partial charge in [-0.25, -0.2) is 4.79 Å². The average Bonchev–Trinajstić information content (AvgIpc) is 2.16. The van der Waals surface area contributed by atoms with Crippen LogP contribution in [0.3, 0.4) is 0 Å². The van der Waals surface area contributed by atoms with Crippen molar-refractivity contribution in [3.63, 3.8) is 0 Å². The predicted octanol–water partition coefficient (Wildman–Crippen LogP) is 0.0852. The molecule has 0 radical (unpaired) electrons. The molecule has 15 heavy (non-hydrogen) atoms. The van der Waals surface area contributed by atoms with Crippen LogP contribution in [0, 0.1) is 0 Å². The summed E-state index contributed by atoms with van der Waals surface area (Å²) in [6.45, 7) is 2.40. The van der Waals surface area contributed by atoms with Gasteiger partial charge >= 0.3 is 5.97 Å². The third-order valence-electron chi connectivity index (χ3n) is 1.92. The zero-order valence-corrected chi connectivity index (χ0v) is 9.41. The number of aliphatic carboxylic acids is 1. The molecule has 0 unspecified atom stereocenters. The second-order valence-electron chi connectivity index (χ2n) is 3.31. The lowest BCUT2D eigenvalue weighted by atomic mass is 10.2. The molecule has 0 bridgehead atoms. The van der Waals surface area contributed by atoms with Crippen molar-refractivity contribution < 1.29 is 14.7 Å². The second kappa shape index (κ2) is 7.00. The van der Waals surface area contributed by atoms with Gasteiger partial charge in [-0.2, -0.15) is 0 Å². The van der Waals surface area contributed by atoms with Crippen molar-refractivity contribution in [1.29, 1.82) is 0 Å². The number of hydrogen-bond donors (Lipinski definition) is 2. The first-order valence-electron chi connectivity index (χ1n) is 4.82. The van der Waals surface area contributed by atoms with Crippen LogP contribution in [-0.2, 0) is 9.59 Å². The van der Waals surface area contributed by atoms with Crippen molar-refractivity contribution in [2.45, 2.75) is 13.3 Å². The quantitative estimate of drug-likeness (QED) is 0.485. The number of carboxylic acid groups (broad SMARTS) is 1. The lowest BCUT2D eigenvalue weighted by molar-refractivity contribution is -0.132. The normalized spacial score (nSPS) is 11.3. The minimum atomic E-state index is -0.904. The Morgan fingerprint density at radius 1 is 1.40 bits per heavy atom. The zero-order valence-electron chi connectivity index (χ0n) is 9.41. The first-order chi connectivity index (χ1) is 6.99. The number of nitrogens with one attached hydrogen (secondary N) is 1. The monoisotopic (exact) mass is 214 g/mol. The standard InChI is InChI=1S/C10H18N2O3/c1-4-8(10(14)15)5-6-11-7-9(13)12(2)3/h5,11H,4,6-7H2,1-3H3,(H,14,15). The Labute approximate surface area is 89.8 Å². The Bertz CT molecular complexity index is 259. The van der Waals surface area contributed by atoms with Gasteiger partial charge < -0.3 is 15.3 Å². The third kappa shape index (κ3) is 5.85. The van der Waals surface area contributed by atoms with Crippen LogP contribution in [0.5, 0.6) is 0 Å². The lowest BCUT2D eigenvalue weighted by Crippen LogP contribution is -2.33. The van der Waals surface area contributed by atoms with Crippen molar-refractivity contribution in [3.05, 3.63) is 11.6 Å². The van der Waals surface area contributed by atoms with Gasteiger partial charge in [0, 0.05) is 26.2 Å². The number of likely N-dealkylation sites (N-methyl/N-ethyl adjacent to an activating group) is 1. The number of nitrogens with zero attached hydrogens (tertiary/aromatic N) is 1. The number of carbonyl (C=O) groups is 2. The Morgan fingerprint density at radius 2 is 2.00 bits per heavy atom. The van der Waals surface area contributed by atoms with Gasteiger partial charge in [0.1, 0.15) is 0 Å². The fraction of sp³-hybridized carbons (Fsp3) is 0.600. The molecule has 1 amide bonds. The Hall–Kier alpha value is -1.36. The summed E-state index contributed by atoms with van der Waals surface area (Å²) in [5.41, 5.74) is 0.361. The van der Waals surface area contributed by atoms with Gasteiger partial charge in [-0.15, -0.1) is 0 Å². The van der Waals surface area contributed by atoms with E-state index in [-0.39, 0.29) is 12.5 Å². The van der Waals surface area contributed by atoms with Crippen LogP contribution in [-0.4, -0.2) is 49.1 Å². The van der Waals surface area contributed by atoms with E-state index in [0.29, 0.717) is 18.5 Å². The van der Waals surface area contributed by atoms with Crippen molar-refractivity contribution in [1.82, 2.24) is 10.2 Å². The maximum Gasteiger partial charge on any atom is 0.331 e. The van der Waals surface area contributed by atoms with Gasteiger partial charge in [0.2, 0.25) is 5.91 Å². The third-order valence-corrected chi connectivity index (χ3v) is 1.92. The van der Waals surface area contributed by atoms with Crippen LogP contribution in [0.25, 0.3) is 0 Å². The topological polar surface area (TPSA) is 69.6 Å². The molecule has 0 aromatic rings.